The number of H-pyrrole nitrogens is 1. The first-order valence-electron chi connectivity index (χ1n) is 16.0. The molecule has 5 aromatic rings. The third-order valence-corrected chi connectivity index (χ3v) is 9.20. The Hall–Kier alpha value is -5.23. The smallest absolute Gasteiger partial charge is 0.378 e. The molecule has 0 radical (unpaired) electrons. The summed E-state index contributed by atoms with van der Waals surface area (Å²) in [5, 5.41) is 24.0. The van der Waals surface area contributed by atoms with Gasteiger partial charge in [0.1, 0.15) is 35.2 Å². The van der Waals surface area contributed by atoms with E-state index in [0.29, 0.717) is 32.8 Å². The third-order valence-electron chi connectivity index (χ3n) is 9.20. The maximum Gasteiger partial charge on any atom is 0.435 e. The van der Waals surface area contributed by atoms with E-state index < -0.39 is 76.6 Å². The van der Waals surface area contributed by atoms with Crippen LogP contribution in [-0.2, 0) is 29.9 Å². The van der Waals surface area contributed by atoms with Crippen LogP contribution < -0.4 is 5.32 Å². The first-order valence-corrected chi connectivity index (χ1v) is 16.0. The molecular weight excluding hydrogens is 681 g/mol. The number of halogens is 7. The second-order valence-corrected chi connectivity index (χ2v) is 13.4. The quantitative estimate of drug-likeness (QED) is 0.125. The van der Waals surface area contributed by atoms with Gasteiger partial charge in [-0.25, -0.2) is 13.8 Å². The number of amides is 1. The molecule has 0 unspecified atom stereocenters. The van der Waals surface area contributed by atoms with Crippen molar-refractivity contribution in [2.24, 2.45) is 5.92 Å². The zero-order chi connectivity index (χ0) is 36.5. The maximum atomic E-state index is 15.5. The van der Waals surface area contributed by atoms with E-state index >= 15 is 8.78 Å². The molecule has 1 amide bonds. The number of aliphatic hydroxyl groups is 1. The molecule has 8 nitrogen and oxygen atoms in total. The van der Waals surface area contributed by atoms with E-state index in [0.717, 1.165) is 12.1 Å². The van der Waals surface area contributed by atoms with Crippen molar-refractivity contribution in [2.75, 3.05) is 0 Å². The van der Waals surface area contributed by atoms with Crippen LogP contribution in [0.15, 0.2) is 54.7 Å². The minimum Gasteiger partial charge on any atom is -0.378 e. The normalized spacial score (nSPS) is 18.4. The predicted molar refractivity (Wildman–Crippen MR) is 170 cm³/mol. The average molecular weight is 711 g/mol. The van der Waals surface area contributed by atoms with Crippen LogP contribution in [0.25, 0.3) is 22.0 Å². The molecular formula is C36H29F7N6O2. The Balaban J connectivity index is 1.34. The summed E-state index contributed by atoms with van der Waals surface area (Å²) in [4.78, 5) is 18.5. The number of rotatable bonds is 7. The van der Waals surface area contributed by atoms with Crippen molar-refractivity contribution in [3.05, 3.63) is 100 Å². The van der Waals surface area contributed by atoms with Crippen LogP contribution in [0.1, 0.15) is 72.6 Å². The summed E-state index contributed by atoms with van der Waals surface area (Å²) in [7, 11) is 0. The Morgan fingerprint density at radius 1 is 1.10 bits per heavy atom. The van der Waals surface area contributed by atoms with Gasteiger partial charge in [-0.1, -0.05) is 18.1 Å². The van der Waals surface area contributed by atoms with Crippen LogP contribution in [0.5, 0.6) is 0 Å². The molecule has 264 valence electrons. The van der Waals surface area contributed by atoms with Crippen molar-refractivity contribution < 1.29 is 40.6 Å². The molecule has 3 atom stereocenters. The number of carbonyl (C=O) groups is 1. The zero-order valence-corrected chi connectivity index (χ0v) is 27.0. The lowest BCUT2D eigenvalue weighted by atomic mass is 9.73. The molecule has 2 aromatic carbocycles. The van der Waals surface area contributed by atoms with Gasteiger partial charge in [0.05, 0.1) is 23.4 Å². The number of pyridine rings is 1. The molecule has 1 saturated carbocycles. The topological polar surface area (TPSA) is 109 Å². The minimum absolute atomic E-state index is 0.0344. The van der Waals surface area contributed by atoms with Crippen molar-refractivity contribution in [1.82, 2.24) is 30.3 Å². The van der Waals surface area contributed by atoms with Crippen molar-refractivity contribution in [3.8, 4) is 23.0 Å². The van der Waals surface area contributed by atoms with Gasteiger partial charge in [-0.3, -0.25) is 14.6 Å². The van der Waals surface area contributed by atoms with Crippen molar-refractivity contribution in [2.45, 2.75) is 69.3 Å². The van der Waals surface area contributed by atoms with Crippen molar-refractivity contribution in [3.63, 3.8) is 0 Å². The summed E-state index contributed by atoms with van der Waals surface area (Å²) in [6.45, 7) is 1.91. The van der Waals surface area contributed by atoms with E-state index in [1.54, 1.807) is 36.5 Å². The van der Waals surface area contributed by atoms with E-state index in [4.69, 9.17) is 0 Å². The lowest BCUT2D eigenvalue weighted by Crippen LogP contribution is -2.36. The fourth-order valence-electron chi connectivity index (χ4n) is 6.97. The van der Waals surface area contributed by atoms with Crippen LogP contribution in [0.4, 0.5) is 30.7 Å². The lowest BCUT2D eigenvalue weighted by Gasteiger charge is -2.34. The van der Waals surface area contributed by atoms with Crippen LogP contribution in [0, 0.1) is 29.4 Å². The molecule has 7 rings (SSSR count). The molecule has 15 heteroatoms. The second kappa shape index (κ2) is 12.2. The Morgan fingerprint density at radius 2 is 1.84 bits per heavy atom. The number of carbonyl (C=O) groups excluding carboxylic acids is 1. The highest BCUT2D eigenvalue weighted by Crippen LogP contribution is 2.64. The summed E-state index contributed by atoms with van der Waals surface area (Å²) in [6, 6.07) is 10.0. The number of hydrogen-bond acceptors (Lipinski definition) is 5. The predicted octanol–water partition coefficient (Wildman–Crippen LogP) is 6.94. The fraction of sp³-hybridized carbons (Fsp3) is 0.333. The van der Waals surface area contributed by atoms with Gasteiger partial charge in [-0.15, -0.1) is 0 Å². The molecule has 3 heterocycles. The SMILES string of the molecule is CC(C)(O)C#Cc1ccc(-c2cccc3[nH]ncc23)c([C@H](Cc2cc(F)cc(F)c2)NC(=O)Cn2nc(C(F)(F)F)c3c2C(F)(F)[C@@H]2CC[C@H]32)n1. The monoisotopic (exact) mass is 710 g/mol. The van der Waals surface area contributed by atoms with Gasteiger partial charge in [0.15, 0.2) is 5.69 Å². The summed E-state index contributed by atoms with van der Waals surface area (Å²) >= 11 is 0. The van der Waals surface area contributed by atoms with E-state index in [1.807, 2.05) is 0 Å². The van der Waals surface area contributed by atoms with Gasteiger partial charge >= 0.3 is 6.18 Å². The number of nitrogens with one attached hydrogen (secondary N) is 2. The first kappa shape index (κ1) is 34.2. The second-order valence-electron chi connectivity index (χ2n) is 13.4. The third kappa shape index (κ3) is 6.44. The lowest BCUT2D eigenvalue weighted by molar-refractivity contribution is -0.144. The van der Waals surface area contributed by atoms with Gasteiger partial charge in [0, 0.05) is 28.5 Å². The molecule has 0 aliphatic heterocycles. The number of aromatic nitrogens is 5. The Morgan fingerprint density at radius 3 is 2.51 bits per heavy atom. The number of benzene rings is 2. The van der Waals surface area contributed by atoms with Crippen LogP contribution >= 0.6 is 0 Å². The number of aromatic amines is 1. The molecule has 3 N–H and O–H groups in total. The van der Waals surface area contributed by atoms with Crippen molar-refractivity contribution >= 4 is 16.8 Å². The summed E-state index contributed by atoms with van der Waals surface area (Å²) in [5.41, 5.74) is -2.33. The molecule has 2 aliphatic rings. The highest BCUT2D eigenvalue weighted by Gasteiger charge is 2.63. The first-order chi connectivity index (χ1) is 24.0. The van der Waals surface area contributed by atoms with Gasteiger partial charge in [-0.05, 0) is 86.4 Å². The number of hydrogen-bond donors (Lipinski definition) is 3. The Kier molecular flexibility index (Phi) is 8.20. The number of alkyl halides is 5. The van der Waals surface area contributed by atoms with E-state index in [-0.39, 0.29) is 36.2 Å². The average Bonchev–Trinajstić information content (AvgIpc) is 3.67. The molecule has 2 aliphatic carbocycles. The van der Waals surface area contributed by atoms with E-state index in [2.05, 4.69) is 37.4 Å². The van der Waals surface area contributed by atoms with Crippen LogP contribution in [0.2, 0.25) is 0 Å². The van der Waals surface area contributed by atoms with Gasteiger partial charge in [0.2, 0.25) is 5.91 Å². The Bertz CT molecular complexity index is 2220. The maximum absolute atomic E-state index is 15.5. The minimum atomic E-state index is -5.03. The van der Waals surface area contributed by atoms with Crippen LogP contribution in [0.3, 0.4) is 0 Å². The highest BCUT2D eigenvalue weighted by molar-refractivity contribution is 5.95. The van der Waals surface area contributed by atoms with Gasteiger partial charge in [0.25, 0.3) is 5.92 Å². The largest absolute Gasteiger partial charge is 0.435 e. The molecule has 0 bridgehead atoms. The van der Waals surface area contributed by atoms with Gasteiger partial charge < -0.3 is 10.4 Å². The number of fused-ring (bicyclic) bond motifs is 4. The Labute approximate surface area is 286 Å². The molecule has 3 aromatic heterocycles. The highest BCUT2D eigenvalue weighted by atomic mass is 19.4. The fourth-order valence-corrected chi connectivity index (χ4v) is 6.97. The zero-order valence-electron chi connectivity index (χ0n) is 27.0. The molecule has 0 spiro atoms. The summed E-state index contributed by atoms with van der Waals surface area (Å²) < 4.78 is 102. The standard InChI is InChI=1S/C36H29F7N6O2/c1-34(2,51)11-10-21-6-7-23(22-4-3-5-27-25(22)16-44-47-27)31(45-21)28(14-18-12-19(37)15-20(38)13-18)46-29(50)17-49-33-30(32(48-49)36(41,42)43)24-8-9-26(24)35(33,39)40/h3-7,12-13,15-16,24,26,28,51H,8-9,14,17H2,1-2H3,(H,44,47)(H,46,50)/t24-,26+,28-/m0/s1. The van der Waals surface area contributed by atoms with Gasteiger partial charge in [-0.2, -0.15) is 32.1 Å². The number of nitrogens with zero attached hydrogens (tertiary/aromatic N) is 4. The molecule has 1 fully saturated rings. The van der Waals surface area contributed by atoms with Crippen LogP contribution in [-0.4, -0.2) is 41.6 Å². The van der Waals surface area contributed by atoms with E-state index in [1.165, 1.54) is 13.8 Å². The van der Waals surface area contributed by atoms with Crippen molar-refractivity contribution in [1.29, 1.82) is 0 Å². The molecule has 0 saturated heterocycles. The van der Waals surface area contributed by atoms with E-state index in [9.17, 15) is 31.9 Å². The summed E-state index contributed by atoms with van der Waals surface area (Å²) in [5.74, 6) is -3.37. The summed E-state index contributed by atoms with van der Waals surface area (Å²) in [6.07, 6.45) is -3.57. The molecule has 51 heavy (non-hydrogen) atoms.